The number of hydrogen-bond donors (Lipinski definition) is 3. The van der Waals surface area contributed by atoms with Crippen LogP contribution in [-0.2, 0) is 0 Å². The monoisotopic (exact) mass is 223 g/mol. The average Bonchev–Trinajstić information content (AvgIpc) is 2.15. The average molecular weight is 223 g/mol. The third kappa shape index (κ3) is 2.52. The number of phenols is 1. The molecule has 0 aliphatic carbocycles. The van der Waals surface area contributed by atoms with Gasteiger partial charge >= 0.3 is 5.97 Å². The van der Waals surface area contributed by atoms with E-state index in [0.717, 1.165) is 0 Å². The molecule has 1 rings (SSSR count). The summed E-state index contributed by atoms with van der Waals surface area (Å²) in [5, 5.41) is 18.2. The number of rotatable bonds is 2. The van der Waals surface area contributed by atoms with Gasteiger partial charge in [0.25, 0.3) is 0 Å². The summed E-state index contributed by atoms with van der Waals surface area (Å²) >= 11 is 0. The molecule has 1 aromatic carbocycles. The third-order valence-electron chi connectivity index (χ3n) is 2.54. The zero-order valence-electron chi connectivity index (χ0n) is 9.69. The van der Waals surface area contributed by atoms with Crippen molar-refractivity contribution in [2.24, 2.45) is 11.1 Å². The first-order chi connectivity index (χ1) is 7.23. The van der Waals surface area contributed by atoms with Crippen molar-refractivity contribution in [3.05, 3.63) is 29.3 Å². The minimum absolute atomic E-state index is 0.114. The third-order valence-corrected chi connectivity index (χ3v) is 2.54. The van der Waals surface area contributed by atoms with Crippen LogP contribution in [0.2, 0.25) is 0 Å². The molecular weight excluding hydrogens is 206 g/mol. The van der Waals surface area contributed by atoms with Crippen molar-refractivity contribution in [1.82, 2.24) is 0 Å². The van der Waals surface area contributed by atoms with Crippen molar-refractivity contribution in [3.63, 3.8) is 0 Å². The Bertz CT molecular complexity index is 407. The van der Waals surface area contributed by atoms with E-state index in [2.05, 4.69) is 0 Å². The summed E-state index contributed by atoms with van der Waals surface area (Å²) < 4.78 is 0. The van der Waals surface area contributed by atoms with Crippen LogP contribution in [0.4, 0.5) is 0 Å². The van der Waals surface area contributed by atoms with Gasteiger partial charge in [-0.05, 0) is 23.1 Å². The lowest BCUT2D eigenvalue weighted by Gasteiger charge is -2.27. The van der Waals surface area contributed by atoms with Gasteiger partial charge < -0.3 is 15.9 Å². The molecule has 0 aliphatic heterocycles. The Labute approximate surface area is 94.7 Å². The molecule has 0 saturated heterocycles. The van der Waals surface area contributed by atoms with E-state index in [1.165, 1.54) is 12.1 Å². The molecule has 0 fully saturated rings. The summed E-state index contributed by atoms with van der Waals surface area (Å²) in [5.74, 6) is -1.39. The number of carboxylic acids is 1. The number of aromatic carboxylic acids is 1. The Morgan fingerprint density at radius 2 is 1.94 bits per heavy atom. The van der Waals surface area contributed by atoms with E-state index in [1.54, 1.807) is 6.07 Å². The Morgan fingerprint density at radius 1 is 1.38 bits per heavy atom. The number of nitrogens with two attached hydrogens (primary N) is 1. The molecule has 0 aliphatic rings. The molecule has 0 spiro atoms. The lowest BCUT2D eigenvalue weighted by Crippen LogP contribution is -2.26. The second kappa shape index (κ2) is 4.14. The van der Waals surface area contributed by atoms with Crippen molar-refractivity contribution in [3.8, 4) is 5.75 Å². The molecule has 1 aromatic rings. The van der Waals surface area contributed by atoms with Gasteiger partial charge in [-0.25, -0.2) is 4.79 Å². The van der Waals surface area contributed by atoms with Crippen molar-refractivity contribution < 1.29 is 15.0 Å². The van der Waals surface area contributed by atoms with Crippen LogP contribution in [0.1, 0.15) is 42.7 Å². The number of aromatic hydroxyl groups is 1. The Hall–Kier alpha value is -1.55. The Kier molecular flexibility index (Phi) is 3.24. The summed E-state index contributed by atoms with van der Waals surface area (Å²) in [5.41, 5.74) is 6.45. The van der Waals surface area contributed by atoms with Crippen molar-refractivity contribution in [1.29, 1.82) is 0 Å². The van der Waals surface area contributed by atoms with E-state index in [1.807, 2.05) is 20.8 Å². The standard InChI is InChI=1S/C12H17NO3/c1-12(2,3)10(13)7-4-5-9(14)8(6-7)11(15)16/h4-6,10,14H,13H2,1-3H3,(H,15,16)/t10-/m0/s1. The van der Waals surface area contributed by atoms with Crippen LogP contribution in [0.3, 0.4) is 0 Å². The molecule has 88 valence electrons. The highest BCUT2D eigenvalue weighted by Gasteiger charge is 2.23. The molecule has 0 unspecified atom stereocenters. The summed E-state index contributed by atoms with van der Waals surface area (Å²) in [6.07, 6.45) is 0. The number of hydrogen-bond acceptors (Lipinski definition) is 3. The van der Waals surface area contributed by atoms with E-state index < -0.39 is 5.97 Å². The second-order valence-electron chi connectivity index (χ2n) is 4.93. The summed E-state index contributed by atoms with van der Waals surface area (Å²) in [4.78, 5) is 10.8. The molecule has 4 heteroatoms. The summed E-state index contributed by atoms with van der Waals surface area (Å²) in [7, 11) is 0. The van der Waals surface area contributed by atoms with E-state index in [9.17, 15) is 9.90 Å². The van der Waals surface area contributed by atoms with Gasteiger partial charge in [0.2, 0.25) is 0 Å². The van der Waals surface area contributed by atoms with Crippen molar-refractivity contribution >= 4 is 5.97 Å². The fraction of sp³-hybridized carbons (Fsp3) is 0.417. The highest BCUT2D eigenvalue weighted by Crippen LogP contribution is 2.32. The van der Waals surface area contributed by atoms with E-state index >= 15 is 0 Å². The van der Waals surface area contributed by atoms with E-state index in [0.29, 0.717) is 5.56 Å². The van der Waals surface area contributed by atoms with Crippen LogP contribution in [0.15, 0.2) is 18.2 Å². The fourth-order valence-corrected chi connectivity index (χ4v) is 1.42. The molecular formula is C12H17NO3. The summed E-state index contributed by atoms with van der Waals surface area (Å²) in [6.45, 7) is 5.93. The predicted octanol–water partition coefficient (Wildman–Crippen LogP) is 2.14. The molecule has 16 heavy (non-hydrogen) atoms. The molecule has 4 N–H and O–H groups in total. The maximum absolute atomic E-state index is 10.8. The molecule has 0 saturated carbocycles. The Morgan fingerprint density at radius 3 is 2.38 bits per heavy atom. The predicted molar refractivity (Wildman–Crippen MR) is 61.4 cm³/mol. The normalized spacial score (nSPS) is 13.5. The minimum atomic E-state index is -1.15. The van der Waals surface area contributed by atoms with Crippen LogP contribution < -0.4 is 5.73 Å². The van der Waals surface area contributed by atoms with Crippen LogP contribution in [0.5, 0.6) is 5.75 Å². The zero-order chi connectivity index (χ0) is 12.5. The molecule has 1 atom stereocenters. The first-order valence-corrected chi connectivity index (χ1v) is 5.05. The molecule has 4 nitrogen and oxygen atoms in total. The minimum Gasteiger partial charge on any atom is -0.507 e. The van der Waals surface area contributed by atoms with Gasteiger partial charge in [0.15, 0.2) is 0 Å². The number of benzene rings is 1. The molecule has 0 bridgehead atoms. The highest BCUT2D eigenvalue weighted by molar-refractivity contribution is 5.90. The van der Waals surface area contributed by atoms with E-state index in [4.69, 9.17) is 10.8 Å². The lowest BCUT2D eigenvalue weighted by molar-refractivity contribution is 0.0693. The van der Waals surface area contributed by atoms with Gasteiger partial charge in [0, 0.05) is 6.04 Å². The first kappa shape index (κ1) is 12.5. The summed E-state index contributed by atoms with van der Waals surface area (Å²) in [6, 6.07) is 4.17. The fourth-order valence-electron chi connectivity index (χ4n) is 1.42. The molecule has 0 radical (unpaired) electrons. The first-order valence-electron chi connectivity index (χ1n) is 5.05. The van der Waals surface area contributed by atoms with Crippen LogP contribution in [0, 0.1) is 5.41 Å². The van der Waals surface area contributed by atoms with Gasteiger partial charge in [-0.15, -0.1) is 0 Å². The van der Waals surface area contributed by atoms with Crippen molar-refractivity contribution in [2.45, 2.75) is 26.8 Å². The number of carboxylic acid groups (broad SMARTS) is 1. The second-order valence-corrected chi connectivity index (χ2v) is 4.93. The SMILES string of the molecule is CC(C)(C)[C@@H](N)c1ccc(O)c(C(=O)O)c1. The molecule has 0 heterocycles. The topological polar surface area (TPSA) is 83.5 Å². The van der Waals surface area contributed by atoms with Crippen LogP contribution in [0.25, 0.3) is 0 Å². The molecule has 0 amide bonds. The van der Waals surface area contributed by atoms with Crippen LogP contribution >= 0.6 is 0 Å². The molecule has 0 aromatic heterocycles. The lowest BCUT2D eigenvalue weighted by atomic mass is 9.82. The maximum Gasteiger partial charge on any atom is 0.339 e. The van der Waals surface area contributed by atoms with Gasteiger partial charge in [-0.3, -0.25) is 0 Å². The van der Waals surface area contributed by atoms with Gasteiger partial charge in [-0.2, -0.15) is 0 Å². The van der Waals surface area contributed by atoms with Gasteiger partial charge in [-0.1, -0.05) is 26.8 Å². The highest BCUT2D eigenvalue weighted by atomic mass is 16.4. The van der Waals surface area contributed by atoms with Gasteiger partial charge in [0.1, 0.15) is 11.3 Å². The Balaban J connectivity index is 3.18. The largest absolute Gasteiger partial charge is 0.507 e. The maximum atomic E-state index is 10.8. The smallest absolute Gasteiger partial charge is 0.339 e. The van der Waals surface area contributed by atoms with Crippen molar-refractivity contribution in [2.75, 3.05) is 0 Å². The van der Waals surface area contributed by atoms with E-state index in [-0.39, 0.29) is 22.8 Å². The van der Waals surface area contributed by atoms with Gasteiger partial charge in [0.05, 0.1) is 0 Å². The van der Waals surface area contributed by atoms with Crippen LogP contribution in [-0.4, -0.2) is 16.2 Å². The zero-order valence-corrected chi connectivity index (χ0v) is 9.69. The quantitative estimate of drug-likeness (QED) is 0.717. The number of carbonyl (C=O) groups is 1.